The molecule has 0 saturated heterocycles. The molecule has 2 heteroatoms. The van der Waals surface area contributed by atoms with Crippen molar-refractivity contribution in [3.05, 3.63) is 65.0 Å². The van der Waals surface area contributed by atoms with Crippen molar-refractivity contribution in [2.75, 3.05) is 0 Å². The normalized spacial score (nSPS) is 13.3. The molecule has 1 unspecified atom stereocenters. The van der Waals surface area contributed by atoms with Crippen LogP contribution in [0.5, 0.6) is 0 Å². The fraction of sp³-hybridized carbons (Fsp3) is 0.353. The Morgan fingerprint density at radius 3 is 2.32 bits per heavy atom. The van der Waals surface area contributed by atoms with E-state index in [1.807, 2.05) is 37.3 Å². The zero-order valence-corrected chi connectivity index (χ0v) is 12.0. The number of aliphatic hydroxyl groups excluding tert-OH is 1. The predicted molar refractivity (Wildman–Crippen MR) is 78.2 cm³/mol. The van der Waals surface area contributed by atoms with E-state index >= 15 is 0 Å². The molecular formula is C17H21NO. The van der Waals surface area contributed by atoms with E-state index in [0.29, 0.717) is 0 Å². The van der Waals surface area contributed by atoms with E-state index in [9.17, 15) is 5.11 Å². The lowest BCUT2D eigenvalue weighted by Crippen LogP contribution is -2.16. The van der Waals surface area contributed by atoms with Crippen molar-refractivity contribution in [1.29, 1.82) is 0 Å². The summed E-state index contributed by atoms with van der Waals surface area (Å²) in [5.74, 6) is 0. The fourth-order valence-electron chi connectivity index (χ4n) is 2.24. The average molecular weight is 255 g/mol. The Bertz CT molecular complexity index is 552. The van der Waals surface area contributed by atoms with E-state index in [0.717, 1.165) is 16.8 Å². The molecule has 19 heavy (non-hydrogen) atoms. The predicted octanol–water partition coefficient (Wildman–Crippen LogP) is 3.77. The Kier molecular flexibility index (Phi) is 3.72. The van der Waals surface area contributed by atoms with E-state index in [2.05, 4.69) is 31.8 Å². The van der Waals surface area contributed by atoms with Crippen LogP contribution in [0.4, 0.5) is 0 Å². The Balaban J connectivity index is 2.44. The molecule has 0 spiro atoms. The molecule has 100 valence electrons. The number of pyridine rings is 1. The van der Waals surface area contributed by atoms with Crippen LogP contribution in [0.25, 0.3) is 0 Å². The molecule has 0 aliphatic heterocycles. The first kappa shape index (κ1) is 13.8. The third kappa shape index (κ3) is 3.02. The summed E-state index contributed by atoms with van der Waals surface area (Å²) < 4.78 is 0. The van der Waals surface area contributed by atoms with Crippen molar-refractivity contribution in [2.45, 2.75) is 39.2 Å². The first-order valence-electron chi connectivity index (χ1n) is 6.59. The summed E-state index contributed by atoms with van der Waals surface area (Å²) in [6.07, 6.45) is 1.13. The number of hydrogen-bond acceptors (Lipinski definition) is 2. The van der Waals surface area contributed by atoms with Gasteiger partial charge in [0.05, 0.1) is 0 Å². The van der Waals surface area contributed by atoms with Crippen LogP contribution < -0.4 is 0 Å². The standard InChI is InChI=1S/C17H21NO/c1-12-9-10-13(11-18-12)16(19)14-7-5-6-8-15(14)17(2,3)4/h5-11,16,19H,1-4H3. The van der Waals surface area contributed by atoms with Gasteiger partial charge in [0, 0.05) is 17.5 Å². The summed E-state index contributed by atoms with van der Waals surface area (Å²) in [4.78, 5) is 4.26. The third-order valence-corrected chi connectivity index (χ3v) is 3.31. The Morgan fingerprint density at radius 1 is 1.05 bits per heavy atom. The number of aryl methyl sites for hydroxylation is 1. The minimum Gasteiger partial charge on any atom is -0.384 e. The van der Waals surface area contributed by atoms with Crippen LogP contribution in [0.1, 0.15) is 49.3 Å². The molecule has 1 aromatic carbocycles. The Labute approximate surface area is 115 Å². The molecule has 1 N–H and O–H groups in total. The maximum atomic E-state index is 10.6. The van der Waals surface area contributed by atoms with Gasteiger partial charge in [-0.25, -0.2) is 0 Å². The van der Waals surface area contributed by atoms with Crippen LogP contribution in [0.2, 0.25) is 0 Å². The van der Waals surface area contributed by atoms with Gasteiger partial charge >= 0.3 is 0 Å². The SMILES string of the molecule is Cc1ccc(C(O)c2ccccc2C(C)(C)C)cn1. The Morgan fingerprint density at radius 2 is 1.74 bits per heavy atom. The highest BCUT2D eigenvalue weighted by Crippen LogP contribution is 2.32. The molecule has 0 saturated carbocycles. The van der Waals surface area contributed by atoms with E-state index in [4.69, 9.17) is 0 Å². The van der Waals surface area contributed by atoms with E-state index in [1.165, 1.54) is 5.56 Å². The highest BCUT2D eigenvalue weighted by atomic mass is 16.3. The highest BCUT2D eigenvalue weighted by molar-refractivity contribution is 5.38. The molecule has 2 nitrogen and oxygen atoms in total. The van der Waals surface area contributed by atoms with Gasteiger partial charge < -0.3 is 5.11 Å². The first-order chi connectivity index (χ1) is 8.89. The monoisotopic (exact) mass is 255 g/mol. The summed E-state index contributed by atoms with van der Waals surface area (Å²) in [7, 11) is 0. The lowest BCUT2D eigenvalue weighted by molar-refractivity contribution is 0.217. The van der Waals surface area contributed by atoms with E-state index < -0.39 is 6.10 Å². The number of rotatable bonds is 2. The number of aromatic nitrogens is 1. The lowest BCUT2D eigenvalue weighted by atomic mass is 9.81. The van der Waals surface area contributed by atoms with Crippen molar-refractivity contribution < 1.29 is 5.11 Å². The number of aliphatic hydroxyl groups is 1. The van der Waals surface area contributed by atoms with Gasteiger partial charge in [0.15, 0.2) is 0 Å². The molecule has 2 aromatic rings. The topological polar surface area (TPSA) is 33.1 Å². The van der Waals surface area contributed by atoms with Gasteiger partial charge in [0.1, 0.15) is 6.10 Å². The summed E-state index contributed by atoms with van der Waals surface area (Å²) in [6.45, 7) is 8.42. The number of nitrogens with zero attached hydrogens (tertiary/aromatic N) is 1. The van der Waals surface area contributed by atoms with Gasteiger partial charge in [-0.3, -0.25) is 4.98 Å². The van der Waals surface area contributed by atoms with Crippen LogP contribution in [0, 0.1) is 6.92 Å². The molecular weight excluding hydrogens is 234 g/mol. The van der Waals surface area contributed by atoms with Crippen molar-refractivity contribution in [2.24, 2.45) is 0 Å². The van der Waals surface area contributed by atoms with Crippen LogP contribution in [0.3, 0.4) is 0 Å². The largest absolute Gasteiger partial charge is 0.384 e. The molecule has 0 amide bonds. The summed E-state index contributed by atoms with van der Waals surface area (Å²) in [5.41, 5.74) is 3.93. The van der Waals surface area contributed by atoms with E-state index in [-0.39, 0.29) is 5.41 Å². The summed E-state index contributed by atoms with van der Waals surface area (Å²) in [5, 5.41) is 10.6. The van der Waals surface area contributed by atoms with Crippen LogP contribution in [-0.4, -0.2) is 10.1 Å². The molecule has 1 heterocycles. The van der Waals surface area contributed by atoms with Gasteiger partial charge in [-0.05, 0) is 29.5 Å². The molecule has 0 aliphatic carbocycles. The zero-order valence-electron chi connectivity index (χ0n) is 12.0. The fourth-order valence-corrected chi connectivity index (χ4v) is 2.24. The molecule has 0 fully saturated rings. The van der Waals surface area contributed by atoms with Gasteiger partial charge in [-0.1, -0.05) is 51.1 Å². The van der Waals surface area contributed by atoms with Crippen molar-refractivity contribution in [3.8, 4) is 0 Å². The molecule has 1 aromatic heterocycles. The maximum Gasteiger partial charge on any atom is 0.106 e. The third-order valence-electron chi connectivity index (χ3n) is 3.31. The Hall–Kier alpha value is -1.67. The summed E-state index contributed by atoms with van der Waals surface area (Å²) >= 11 is 0. The first-order valence-corrected chi connectivity index (χ1v) is 6.59. The van der Waals surface area contributed by atoms with Gasteiger partial charge in [-0.15, -0.1) is 0 Å². The maximum absolute atomic E-state index is 10.6. The van der Waals surface area contributed by atoms with Crippen LogP contribution in [0.15, 0.2) is 42.6 Å². The van der Waals surface area contributed by atoms with Crippen LogP contribution in [-0.2, 0) is 5.41 Å². The molecule has 1 atom stereocenters. The van der Waals surface area contributed by atoms with Crippen molar-refractivity contribution in [3.63, 3.8) is 0 Å². The quantitative estimate of drug-likeness (QED) is 0.886. The average Bonchev–Trinajstić information content (AvgIpc) is 2.38. The summed E-state index contributed by atoms with van der Waals surface area (Å²) in [6, 6.07) is 11.9. The molecule has 2 rings (SSSR count). The zero-order chi connectivity index (χ0) is 14.0. The number of benzene rings is 1. The van der Waals surface area contributed by atoms with E-state index in [1.54, 1.807) is 6.20 Å². The smallest absolute Gasteiger partial charge is 0.106 e. The van der Waals surface area contributed by atoms with Crippen molar-refractivity contribution >= 4 is 0 Å². The van der Waals surface area contributed by atoms with Crippen LogP contribution >= 0.6 is 0 Å². The minimum atomic E-state index is -0.622. The number of hydrogen-bond donors (Lipinski definition) is 1. The van der Waals surface area contributed by atoms with Gasteiger partial charge in [0.2, 0.25) is 0 Å². The van der Waals surface area contributed by atoms with Gasteiger partial charge in [0.25, 0.3) is 0 Å². The van der Waals surface area contributed by atoms with Gasteiger partial charge in [-0.2, -0.15) is 0 Å². The molecule has 0 aliphatic rings. The van der Waals surface area contributed by atoms with Crippen molar-refractivity contribution in [1.82, 2.24) is 4.98 Å². The second-order valence-electron chi connectivity index (χ2n) is 5.97. The highest BCUT2D eigenvalue weighted by Gasteiger charge is 2.22. The second-order valence-corrected chi connectivity index (χ2v) is 5.97. The second kappa shape index (κ2) is 5.14. The lowest BCUT2D eigenvalue weighted by Gasteiger charge is -2.25. The molecule has 0 bridgehead atoms. The minimum absolute atomic E-state index is 0.00962. The molecule has 0 radical (unpaired) electrons.